The van der Waals surface area contributed by atoms with Gasteiger partial charge in [0.25, 0.3) is 5.56 Å². The molecule has 0 saturated heterocycles. The summed E-state index contributed by atoms with van der Waals surface area (Å²) >= 11 is 1.26. The highest BCUT2D eigenvalue weighted by Crippen LogP contribution is 2.29. The van der Waals surface area contributed by atoms with Crippen LogP contribution in [0.25, 0.3) is 10.9 Å². The Morgan fingerprint density at radius 2 is 1.82 bits per heavy atom. The maximum atomic E-state index is 12.9. The molecule has 3 rings (SSSR count). The standard InChI is InChI=1S/C21H22N2O4S/c1-13(2)23-20(25)15-7-5-6-8-16(15)22-21(23)28-12-17(24)14-9-10-18(26-3)19(11-14)27-4/h5-11,13H,12H2,1-4H3. The summed E-state index contributed by atoms with van der Waals surface area (Å²) in [4.78, 5) is 30.1. The number of methoxy groups -OCH3 is 2. The fourth-order valence-electron chi connectivity index (χ4n) is 2.91. The van der Waals surface area contributed by atoms with Crippen molar-refractivity contribution in [3.63, 3.8) is 0 Å². The van der Waals surface area contributed by atoms with E-state index >= 15 is 0 Å². The van der Waals surface area contributed by atoms with E-state index in [-0.39, 0.29) is 23.1 Å². The molecule has 0 amide bonds. The van der Waals surface area contributed by atoms with Crippen molar-refractivity contribution in [2.45, 2.75) is 25.0 Å². The molecular formula is C21H22N2O4S. The summed E-state index contributed by atoms with van der Waals surface area (Å²) in [6.45, 7) is 3.86. The molecule has 0 aliphatic heterocycles. The fraction of sp³-hybridized carbons (Fsp3) is 0.286. The number of carbonyl (C=O) groups is 1. The van der Waals surface area contributed by atoms with Crippen LogP contribution in [0.4, 0.5) is 0 Å². The number of thioether (sulfide) groups is 1. The van der Waals surface area contributed by atoms with E-state index in [1.165, 1.54) is 18.9 Å². The molecule has 0 aliphatic rings. The first-order valence-electron chi connectivity index (χ1n) is 8.85. The van der Waals surface area contributed by atoms with E-state index in [1.54, 1.807) is 35.9 Å². The minimum Gasteiger partial charge on any atom is -0.493 e. The van der Waals surface area contributed by atoms with Crippen LogP contribution in [0.5, 0.6) is 11.5 Å². The van der Waals surface area contributed by atoms with Crippen LogP contribution in [-0.4, -0.2) is 35.3 Å². The van der Waals surface area contributed by atoms with Gasteiger partial charge in [-0.1, -0.05) is 23.9 Å². The van der Waals surface area contributed by atoms with Crippen LogP contribution in [-0.2, 0) is 0 Å². The molecule has 0 spiro atoms. The van der Waals surface area contributed by atoms with Gasteiger partial charge in [0.05, 0.1) is 30.9 Å². The Balaban J connectivity index is 1.90. The number of nitrogens with zero attached hydrogens (tertiary/aromatic N) is 2. The number of carbonyl (C=O) groups excluding carboxylic acids is 1. The normalized spacial score (nSPS) is 11.0. The van der Waals surface area contributed by atoms with Crippen LogP contribution in [0.1, 0.15) is 30.2 Å². The zero-order valence-corrected chi connectivity index (χ0v) is 17.1. The van der Waals surface area contributed by atoms with Crippen molar-refractivity contribution in [1.29, 1.82) is 0 Å². The van der Waals surface area contributed by atoms with E-state index in [0.717, 1.165) is 0 Å². The molecule has 0 fully saturated rings. The molecule has 146 valence electrons. The maximum Gasteiger partial charge on any atom is 0.262 e. The van der Waals surface area contributed by atoms with Crippen LogP contribution in [0.15, 0.2) is 52.4 Å². The van der Waals surface area contributed by atoms with Gasteiger partial charge in [-0.2, -0.15) is 0 Å². The third kappa shape index (κ3) is 3.89. The summed E-state index contributed by atoms with van der Waals surface area (Å²) in [5, 5.41) is 1.11. The molecule has 0 aliphatic carbocycles. The summed E-state index contributed by atoms with van der Waals surface area (Å²) in [6, 6.07) is 12.2. The van der Waals surface area contributed by atoms with Crippen LogP contribution in [0, 0.1) is 0 Å². The minimum atomic E-state index is -0.0957. The monoisotopic (exact) mass is 398 g/mol. The lowest BCUT2D eigenvalue weighted by atomic mass is 10.1. The minimum absolute atomic E-state index is 0.0664. The Bertz CT molecular complexity index is 1080. The molecule has 28 heavy (non-hydrogen) atoms. The summed E-state index contributed by atoms with van der Waals surface area (Å²) in [6.07, 6.45) is 0. The second kappa shape index (κ2) is 8.48. The van der Waals surface area contributed by atoms with E-state index in [2.05, 4.69) is 4.98 Å². The van der Waals surface area contributed by atoms with Crippen LogP contribution < -0.4 is 15.0 Å². The topological polar surface area (TPSA) is 70.4 Å². The number of ketones is 1. The Kier molecular flexibility index (Phi) is 6.04. The molecule has 0 unspecified atom stereocenters. The van der Waals surface area contributed by atoms with Crippen molar-refractivity contribution in [2.24, 2.45) is 0 Å². The van der Waals surface area contributed by atoms with E-state index in [0.29, 0.717) is 33.1 Å². The van der Waals surface area contributed by atoms with Crippen molar-refractivity contribution in [3.05, 3.63) is 58.4 Å². The molecule has 0 saturated carbocycles. The van der Waals surface area contributed by atoms with Crippen molar-refractivity contribution in [3.8, 4) is 11.5 Å². The number of fused-ring (bicyclic) bond motifs is 1. The summed E-state index contributed by atoms with van der Waals surface area (Å²) in [5.74, 6) is 1.15. The lowest BCUT2D eigenvalue weighted by Crippen LogP contribution is -2.25. The van der Waals surface area contributed by atoms with Gasteiger partial charge in [0, 0.05) is 11.6 Å². The number of para-hydroxylation sites is 1. The molecule has 3 aromatic rings. The predicted molar refractivity (Wildman–Crippen MR) is 111 cm³/mol. The molecule has 0 radical (unpaired) electrons. The van der Waals surface area contributed by atoms with Crippen molar-refractivity contribution < 1.29 is 14.3 Å². The maximum absolute atomic E-state index is 12.9. The van der Waals surface area contributed by atoms with E-state index in [4.69, 9.17) is 9.47 Å². The molecule has 1 aromatic heterocycles. The molecule has 6 nitrogen and oxygen atoms in total. The largest absolute Gasteiger partial charge is 0.493 e. The van der Waals surface area contributed by atoms with Crippen molar-refractivity contribution in [2.75, 3.05) is 20.0 Å². The number of aromatic nitrogens is 2. The average Bonchev–Trinajstić information content (AvgIpc) is 2.71. The van der Waals surface area contributed by atoms with Gasteiger partial charge in [0.15, 0.2) is 22.4 Å². The van der Waals surface area contributed by atoms with Gasteiger partial charge in [-0.15, -0.1) is 0 Å². The molecule has 0 bridgehead atoms. The van der Waals surface area contributed by atoms with Gasteiger partial charge in [-0.05, 0) is 44.2 Å². The first-order valence-corrected chi connectivity index (χ1v) is 9.84. The summed E-state index contributed by atoms with van der Waals surface area (Å²) in [5.41, 5.74) is 1.05. The third-order valence-electron chi connectivity index (χ3n) is 4.33. The number of Topliss-reactive ketones (excluding diaryl/α,β-unsaturated/α-hetero) is 1. The highest BCUT2D eigenvalue weighted by Gasteiger charge is 2.17. The fourth-order valence-corrected chi connectivity index (χ4v) is 3.93. The van der Waals surface area contributed by atoms with Gasteiger partial charge in [0.2, 0.25) is 0 Å². The molecular weight excluding hydrogens is 376 g/mol. The van der Waals surface area contributed by atoms with Crippen molar-refractivity contribution >= 4 is 28.4 Å². The van der Waals surface area contributed by atoms with Crippen molar-refractivity contribution in [1.82, 2.24) is 9.55 Å². The predicted octanol–water partition coefficient (Wildman–Crippen LogP) is 3.97. The zero-order valence-electron chi connectivity index (χ0n) is 16.3. The number of benzene rings is 2. The number of rotatable bonds is 7. The molecule has 7 heteroatoms. The summed E-state index contributed by atoms with van der Waals surface area (Å²) in [7, 11) is 3.08. The summed E-state index contributed by atoms with van der Waals surface area (Å²) < 4.78 is 12.1. The van der Waals surface area contributed by atoms with Crippen LogP contribution >= 0.6 is 11.8 Å². The Hall–Kier alpha value is -2.80. The molecule has 1 heterocycles. The average molecular weight is 398 g/mol. The SMILES string of the molecule is COc1ccc(C(=O)CSc2nc3ccccc3c(=O)n2C(C)C)cc1OC. The van der Waals surface area contributed by atoms with Crippen LogP contribution in [0.2, 0.25) is 0 Å². The number of hydrogen-bond acceptors (Lipinski definition) is 6. The highest BCUT2D eigenvalue weighted by atomic mass is 32.2. The second-order valence-electron chi connectivity index (χ2n) is 6.46. The van der Waals surface area contributed by atoms with Gasteiger partial charge in [-0.3, -0.25) is 14.2 Å². The number of hydrogen-bond donors (Lipinski definition) is 0. The molecule has 0 atom stereocenters. The molecule has 2 aromatic carbocycles. The second-order valence-corrected chi connectivity index (χ2v) is 7.40. The third-order valence-corrected chi connectivity index (χ3v) is 5.28. The van der Waals surface area contributed by atoms with Gasteiger partial charge < -0.3 is 9.47 Å². The quantitative estimate of drug-likeness (QED) is 0.341. The lowest BCUT2D eigenvalue weighted by Gasteiger charge is -2.16. The van der Waals surface area contributed by atoms with Crippen LogP contribution in [0.3, 0.4) is 0 Å². The Morgan fingerprint density at radius 1 is 1.11 bits per heavy atom. The lowest BCUT2D eigenvalue weighted by molar-refractivity contribution is 0.102. The Morgan fingerprint density at radius 3 is 2.50 bits per heavy atom. The van der Waals surface area contributed by atoms with E-state index < -0.39 is 0 Å². The molecule has 0 N–H and O–H groups in total. The van der Waals surface area contributed by atoms with Gasteiger partial charge in [0.1, 0.15) is 0 Å². The van der Waals surface area contributed by atoms with Gasteiger partial charge in [-0.25, -0.2) is 4.98 Å². The van der Waals surface area contributed by atoms with E-state index in [9.17, 15) is 9.59 Å². The first kappa shape index (κ1) is 19.9. The van der Waals surface area contributed by atoms with E-state index in [1.807, 2.05) is 32.0 Å². The highest BCUT2D eigenvalue weighted by molar-refractivity contribution is 7.99. The first-order chi connectivity index (χ1) is 13.5. The Labute approximate surface area is 167 Å². The smallest absolute Gasteiger partial charge is 0.262 e. The zero-order chi connectivity index (χ0) is 20.3. The number of ether oxygens (including phenoxy) is 2. The van der Waals surface area contributed by atoms with Gasteiger partial charge >= 0.3 is 0 Å².